The first-order chi connectivity index (χ1) is 7.25. The topological polar surface area (TPSA) is 62.0 Å². The van der Waals surface area contributed by atoms with Gasteiger partial charge in [0.05, 0.1) is 5.56 Å². The molecule has 0 unspecified atom stereocenters. The average Bonchev–Trinajstić information content (AvgIpc) is 2.16. The van der Waals surface area contributed by atoms with Crippen molar-refractivity contribution in [3.63, 3.8) is 0 Å². The summed E-state index contributed by atoms with van der Waals surface area (Å²) in [5.41, 5.74) is 0.319. The second-order valence-electron chi connectivity index (χ2n) is 3.95. The van der Waals surface area contributed by atoms with Crippen molar-refractivity contribution in [2.45, 2.75) is 19.3 Å². The van der Waals surface area contributed by atoms with Crippen LogP contribution < -0.4 is 10.9 Å². The Balaban J connectivity index is 1.89. The van der Waals surface area contributed by atoms with Crippen molar-refractivity contribution in [3.8, 4) is 0 Å². The van der Waals surface area contributed by atoms with Gasteiger partial charge in [0.15, 0.2) is 0 Å². The van der Waals surface area contributed by atoms with Gasteiger partial charge in [-0.15, -0.1) is 0 Å². The van der Waals surface area contributed by atoms with E-state index in [9.17, 15) is 9.59 Å². The predicted octanol–water partition coefficient (Wildman–Crippen LogP) is 0.905. The first kappa shape index (κ1) is 9.96. The van der Waals surface area contributed by atoms with Gasteiger partial charge < -0.3 is 10.3 Å². The van der Waals surface area contributed by atoms with Crippen LogP contribution in [0, 0.1) is 5.92 Å². The fraction of sp³-hybridized carbons (Fsp3) is 0.455. The van der Waals surface area contributed by atoms with Gasteiger partial charge in [-0.05, 0) is 24.8 Å². The highest BCUT2D eigenvalue weighted by atomic mass is 16.1. The van der Waals surface area contributed by atoms with E-state index < -0.39 is 0 Å². The van der Waals surface area contributed by atoms with Crippen LogP contribution in [0.2, 0.25) is 0 Å². The summed E-state index contributed by atoms with van der Waals surface area (Å²) in [6.07, 6.45) is 5.15. The first-order valence-corrected chi connectivity index (χ1v) is 5.22. The van der Waals surface area contributed by atoms with Crippen LogP contribution in [0.4, 0.5) is 0 Å². The highest BCUT2D eigenvalue weighted by Gasteiger charge is 2.18. The number of aromatic amines is 1. The van der Waals surface area contributed by atoms with Crippen LogP contribution in [-0.4, -0.2) is 17.4 Å². The summed E-state index contributed by atoms with van der Waals surface area (Å²) in [6.45, 7) is 0.748. The van der Waals surface area contributed by atoms with Crippen LogP contribution in [0.25, 0.3) is 0 Å². The molecule has 15 heavy (non-hydrogen) atoms. The molecule has 1 aromatic heterocycles. The van der Waals surface area contributed by atoms with Crippen molar-refractivity contribution in [1.29, 1.82) is 0 Å². The normalized spacial score (nSPS) is 15.7. The van der Waals surface area contributed by atoms with Crippen LogP contribution in [0.15, 0.2) is 23.1 Å². The Morgan fingerprint density at radius 2 is 2.27 bits per heavy atom. The standard InChI is InChI=1S/C11H14N2O2/c14-10-5-4-9(7-12-10)11(15)13-6-8-2-1-3-8/h4-5,7-8H,1-3,6H2,(H,12,14)(H,13,15). The number of H-pyrrole nitrogens is 1. The van der Waals surface area contributed by atoms with Gasteiger partial charge in [0.2, 0.25) is 5.56 Å². The van der Waals surface area contributed by atoms with Gasteiger partial charge in [-0.1, -0.05) is 6.42 Å². The number of nitrogens with one attached hydrogen (secondary N) is 2. The molecule has 4 nitrogen and oxygen atoms in total. The monoisotopic (exact) mass is 206 g/mol. The van der Waals surface area contributed by atoms with Crippen LogP contribution in [0.1, 0.15) is 29.6 Å². The minimum absolute atomic E-state index is 0.113. The van der Waals surface area contributed by atoms with Crippen molar-refractivity contribution in [2.24, 2.45) is 5.92 Å². The zero-order chi connectivity index (χ0) is 10.7. The van der Waals surface area contributed by atoms with Gasteiger partial charge in [-0.2, -0.15) is 0 Å². The highest BCUT2D eigenvalue weighted by molar-refractivity contribution is 5.93. The lowest BCUT2D eigenvalue weighted by Crippen LogP contribution is -2.32. The molecule has 1 aromatic rings. The molecule has 2 N–H and O–H groups in total. The van der Waals surface area contributed by atoms with E-state index in [0.717, 1.165) is 6.54 Å². The molecule has 1 saturated carbocycles. The maximum atomic E-state index is 11.6. The lowest BCUT2D eigenvalue weighted by molar-refractivity contribution is 0.0938. The Kier molecular flexibility index (Phi) is 2.85. The molecule has 0 atom stereocenters. The van der Waals surface area contributed by atoms with Crippen molar-refractivity contribution in [3.05, 3.63) is 34.2 Å². The first-order valence-electron chi connectivity index (χ1n) is 5.22. The van der Waals surface area contributed by atoms with Crippen molar-refractivity contribution in [1.82, 2.24) is 10.3 Å². The molecule has 0 aromatic carbocycles. The van der Waals surface area contributed by atoms with E-state index in [1.807, 2.05) is 0 Å². The molecule has 1 amide bonds. The molecule has 0 saturated heterocycles. The van der Waals surface area contributed by atoms with Crippen molar-refractivity contribution < 1.29 is 4.79 Å². The van der Waals surface area contributed by atoms with Crippen molar-refractivity contribution >= 4 is 5.91 Å². The molecule has 0 bridgehead atoms. The van der Waals surface area contributed by atoms with E-state index in [4.69, 9.17) is 0 Å². The van der Waals surface area contributed by atoms with E-state index in [2.05, 4.69) is 10.3 Å². The molecule has 0 radical (unpaired) electrons. The molecule has 1 heterocycles. The largest absolute Gasteiger partial charge is 0.352 e. The molecule has 2 rings (SSSR count). The van der Waals surface area contributed by atoms with Gasteiger partial charge in [0.1, 0.15) is 0 Å². The van der Waals surface area contributed by atoms with Gasteiger partial charge in [-0.3, -0.25) is 9.59 Å². The predicted molar refractivity (Wildman–Crippen MR) is 56.7 cm³/mol. The number of pyridine rings is 1. The van der Waals surface area contributed by atoms with Gasteiger partial charge in [-0.25, -0.2) is 0 Å². The highest BCUT2D eigenvalue weighted by Crippen LogP contribution is 2.25. The molecular formula is C11H14N2O2. The van der Waals surface area contributed by atoms with Gasteiger partial charge in [0, 0.05) is 18.8 Å². The zero-order valence-corrected chi connectivity index (χ0v) is 8.45. The molecule has 1 aliphatic carbocycles. The Labute approximate surface area is 87.7 Å². The number of hydrogen-bond acceptors (Lipinski definition) is 2. The zero-order valence-electron chi connectivity index (χ0n) is 8.45. The fourth-order valence-electron chi connectivity index (χ4n) is 1.59. The molecule has 1 aliphatic rings. The molecule has 4 heteroatoms. The number of amides is 1. The summed E-state index contributed by atoms with van der Waals surface area (Å²) in [5.74, 6) is 0.537. The van der Waals surface area contributed by atoms with Crippen LogP contribution in [0.3, 0.4) is 0 Å². The fourth-order valence-corrected chi connectivity index (χ4v) is 1.59. The summed E-state index contributed by atoms with van der Waals surface area (Å²) in [5, 5.41) is 2.86. The van der Waals surface area contributed by atoms with Crippen molar-refractivity contribution in [2.75, 3.05) is 6.54 Å². The van der Waals surface area contributed by atoms with E-state index in [0.29, 0.717) is 11.5 Å². The third-order valence-corrected chi connectivity index (χ3v) is 2.82. The number of carbonyl (C=O) groups is 1. The lowest BCUT2D eigenvalue weighted by atomic mass is 9.85. The minimum atomic E-state index is -0.189. The third kappa shape index (κ3) is 2.46. The lowest BCUT2D eigenvalue weighted by Gasteiger charge is -2.25. The van der Waals surface area contributed by atoms with Crippen LogP contribution >= 0.6 is 0 Å². The molecular weight excluding hydrogens is 192 g/mol. The Hall–Kier alpha value is -1.58. The SMILES string of the molecule is O=C(NCC1CCC1)c1ccc(=O)[nH]c1. The Morgan fingerprint density at radius 3 is 2.80 bits per heavy atom. The van der Waals surface area contributed by atoms with Crippen LogP contribution in [0.5, 0.6) is 0 Å². The van der Waals surface area contributed by atoms with E-state index in [1.54, 1.807) is 0 Å². The second-order valence-corrected chi connectivity index (χ2v) is 3.95. The molecule has 0 aliphatic heterocycles. The van der Waals surface area contributed by atoms with Gasteiger partial charge >= 0.3 is 0 Å². The quantitative estimate of drug-likeness (QED) is 0.772. The summed E-state index contributed by atoms with van der Waals surface area (Å²) >= 11 is 0. The summed E-state index contributed by atoms with van der Waals surface area (Å²) < 4.78 is 0. The molecule has 0 spiro atoms. The van der Waals surface area contributed by atoms with E-state index in [-0.39, 0.29) is 11.5 Å². The number of aromatic nitrogens is 1. The third-order valence-electron chi connectivity index (χ3n) is 2.82. The smallest absolute Gasteiger partial charge is 0.252 e. The Bertz CT molecular complexity index is 387. The van der Waals surface area contributed by atoms with E-state index >= 15 is 0 Å². The maximum absolute atomic E-state index is 11.6. The number of hydrogen-bond donors (Lipinski definition) is 2. The Morgan fingerprint density at radius 1 is 1.47 bits per heavy atom. The summed E-state index contributed by atoms with van der Waals surface area (Å²) in [4.78, 5) is 24.8. The summed E-state index contributed by atoms with van der Waals surface area (Å²) in [7, 11) is 0. The summed E-state index contributed by atoms with van der Waals surface area (Å²) in [6, 6.07) is 2.90. The molecule has 80 valence electrons. The average molecular weight is 206 g/mol. The second kappa shape index (κ2) is 4.29. The number of carbonyl (C=O) groups excluding carboxylic acids is 1. The van der Waals surface area contributed by atoms with Crippen LogP contribution in [-0.2, 0) is 0 Å². The van der Waals surface area contributed by atoms with Gasteiger partial charge in [0.25, 0.3) is 5.91 Å². The maximum Gasteiger partial charge on any atom is 0.252 e. The van der Waals surface area contributed by atoms with E-state index in [1.165, 1.54) is 37.6 Å². The molecule has 1 fully saturated rings. The minimum Gasteiger partial charge on any atom is -0.352 e. The number of rotatable bonds is 3.